The fourth-order valence-corrected chi connectivity index (χ4v) is 10.7. The number of aromatic amines is 1. The van der Waals surface area contributed by atoms with Gasteiger partial charge < -0.3 is 59.7 Å². The topological polar surface area (TPSA) is 178 Å². The number of methoxy groups -OCH3 is 1. The Morgan fingerprint density at radius 3 is 2.40 bits per heavy atom. The molecule has 3 amide bonds. The Labute approximate surface area is 378 Å². The van der Waals surface area contributed by atoms with Crippen LogP contribution in [-0.2, 0) is 30.2 Å². The summed E-state index contributed by atoms with van der Waals surface area (Å²) in [7, 11) is 5.41. The van der Waals surface area contributed by atoms with Crippen molar-refractivity contribution < 1.29 is 43.9 Å². The van der Waals surface area contributed by atoms with Gasteiger partial charge in [-0.15, -0.1) is 0 Å². The first-order chi connectivity index (χ1) is 29.7. The Morgan fingerprint density at radius 2 is 1.71 bits per heavy atom. The summed E-state index contributed by atoms with van der Waals surface area (Å²) < 4.78 is 25.6. The van der Waals surface area contributed by atoms with Crippen LogP contribution in [0.5, 0.6) is 0 Å². The van der Waals surface area contributed by atoms with Gasteiger partial charge in [0.25, 0.3) is 0 Å². The van der Waals surface area contributed by atoms with Crippen molar-refractivity contribution in [3.8, 4) is 0 Å². The number of aliphatic hydroxyl groups is 3. The summed E-state index contributed by atoms with van der Waals surface area (Å²) in [5, 5.41) is 43.7. The molecule has 350 valence electrons. The quantitative estimate of drug-likeness (QED) is 0.145. The molecule has 3 saturated heterocycles. The normalized spacial score (nSPS) is 37.5. The van der Waals surface area contributed by atoms with Crippen LogP contribution >= 0.6 is 11.6 Å². The molecule has 0 saturated carbocycles. The number of likely N-dealkylation sites (N-methyl/N-ethyl adjacent to an activating group) is 1. The van der Waals surface area contributed by atoms with Crippen molar-refractivity contribution in [3.63, 3.8) is 0 Å². The minimum atomic E-state index is -1.54. The number of amides is 3. The highest BCUT2D eigenvalue weighted by Crippen LogP contribution is 2.42. The summed E-state index contributed by atoms with van der Waals surface area (Å²) >= 11 is 6.29. The van der Waals surface area contributed by atoms with Crippen molar-refractivity contribution in [2.75, 3.05) is 39.6 Å². The van der Waals surface area contributed by atoms with E-state index in [0.717, 1.165) is 16.5 Å². The average Bonchev–Trinajstić information content (AvgIpc) is 3.63. The number of aromatic nitrogens is 1. The lowest BCUT2D eigenvalue weighted by Gasteiger charge is -2.49. The Hall–Kier alpha value is -3.31. The molecule has 3 aliphatic heterocycles. The van der Waals surface area contributed by atoms with Crippen molar-refractivity contribution in [3.05, 3.63) is 65.3 Å². The van der Waals surface area contributed by atoms with Gasteiger partial charge in [-0.25, -0.2) is 4.79 Å². The Kier molecular flexibility index (Phi) is 16.0. The number of aliphatic hydroxyl groups excluding tert-OH is 2. The number of ether oxygens (including phenoxy) is 4. The van der Waals surface area contributed by atoms with E-state index in [1.54, 1.807) is 25.1 Å². The van der Waals surface area contributed by atoms with E-state index in [2.05, 4.69) is 15.6 Å². The maximum atomic E-state index is 14.9. The number of nitrogens with zero attached hydrogens (tertiary/aromatic N) is 2. The van der Waals surface area contributed by atoms with Crippen molar-refractivity contribution in [1.29, 1.82) is 0 Å². The molecule has 0 radical (unpaired) electrons. The number of nitrogens with one attached hydrogen (secondary N) is 3. The first-order valence-electron chi connectivity index (χ1n) is 22.6. The van der Waals surface area contributed by atoms with Gasteiger partial charge in [-0.1, -0.05) is 62.7 Å². The molecule has 15 atom stereocenters. The maximum Gasteiger partial charge on any atom is 0.321 e. The molecule has 1 unspecified atom stereocenters. The van der Waals surface area contributed by atoms with Crippen LogP contribution in [0.1, 0.15) is 79.7 Å². The third kappa shape index (κ3) is 11.6. The van der Waals surface area contributed by atoms with Crippen LogP contribution in [0.4, 0.5) is 10.5 Å². The summed E-state index contributed by atoms with van der Waals surface area (Å²) in [4.78, 5) is 36.4. The van der Waals surface area contributed by atoms with Gasteiger partial charge >= 0.3 is 6.03 Å². The number of carbonyl (C=O) groups excluding carboxylic acids is 2. The predicted molar refractivity (Wildman–Crippen MR) is 244 cm³/mol. The maximum absolute atomic E-state index is 14.9. The highest BCUT2D eigenvalue weighted by atomic mass is 35.5. The van der Waals surface area contributed by atoms with Gasteiger partial charge in [-0.2, -0.15) is 0 Å². The van der Waals surface area contributed by atoms with Gasteiger partial charge in [-0.3, -0.25) is 4.79 Å². The van der Waals surface area contributed by atoms with Crippen molar-refractivity contribution in [1.82, 2.24) is 20.1 Å². The molecular weight excluding hydrogens is 826 g/mol. The molecule has 0 spiro atoms. The van der Waals surface area contributed by atoms with Crippen LogP contribution in [0.2, 0.25) is 5.02 Å². The van der Waals surface area contributed by atoms with E-state index in [1.807, 2.05) is 109 Å². The molecule has 3 fully saturated rings. The van der Waals surface area contributed by atoms with E-state index in [1.165, 1.54) is 0 Å². The SMILES string of the molecule is CO[C@]1(C)C[C@H](C[C@H]2[C@H](C)[C@@H](O[C@@H]3O[C@H](C)C[C@H](N(C)C)[C@H]3O)[C@](C)(O)C[C@@H](C)CN(C(=O)Nc3c[nH]c4ccccc34)CC(Cc3ccc(Cl)cc3)NC(=O)[C@@H]2C)O[C@@H](C)[C@@H]1O. The predicted octanol–water partition coefficient (Wildman–Crippen LogP) is 6.21. The lowest BCUT2D eigenvalue weighted by molar-refractivity contribution is -0.298. The lowest BCUT2D eigenvalue weighted by Crippen LogP contribution is -2.59. The highest BCUT2D eigenvalue weighted by molar-refractivity contribution is 6.30. The Balaban J connectivity index is 1.41. The second-order valence-corrected chi connectivity index (χ2v) is 20.0. The standard InChI is InChI=1S/C48H72ClN5O9/c1-27-22-47(6,59)43(63-45-41(55)40(53(8)9)19-28(2)61-45)29(3)37(21-35-23-48(7,60-10)42(56)31(5)62-35)30(4)44(57)51-34(20-32-15-17-33(49)18-16-32)26-54(25-27)46(58)52-39-24-50-38-14-12-11-13-36(38)39/h11-18,24,27-31,34-35,37,40-43,45,50,55-56,59H,19-23,25-26H2,1-10H3,(H,51,57)(H,52,58)/t27-,28-,29+,30-,31+,34?,35+,37+,40+,41-,42+,43-,45+,47-,48-/m1/s1. The zero-order valence-electron chi connectivity index (χ0n) is 38.7. The van der Waals surface area contributed by atoms with Crippen molar-refractivity contribution in [2.24, 2.45) is 23.7 Å². The van der Waals surface area contributed by atoms with Crippen LogP contribution in [0.3, 0.4) is 0 Å². The van der Waals surface area contributed by atoms with Crippen LogP contribution in [-0.4, -0.2) is 143 Å². The highest BCUT2D eigenvalue weighted by Gasteiger charge is 2.51. The number of hydrogen-bond acceptors (Lipinski definition) is 10. The third-order valence-electron chi connectivity index (χ3n) is 14.1. The third-order valence-corrected chi connectivity index (χ3v) is 14.3. The second kappa shape index (κ2) is 20.5. The summed E-state index contributed by atoms with van der Waals surface area (Å²) in [5.41, 5.74) is 0.00946. The number of benzene rings is 2. The van der Waals surface area contributed by atoms with E-state index in [9.17, 15) is 24.9 Å². The Bertz CT molecular complexity index is 1980. The van der Waals surface area contributed by atoms with Gasteiger partial charge in [0.2, 0.25) is 5.91 Å². The molecule has 0 aliphatic carbocycles. The number of halogens is 1. The summed E-state index contributed by atoms with van der Waals surface area (Å²) in [6, 6.07) is 14.1. The van der Waals surface area contributed by atoms with E-state index >= 15 is 0 Å². The molecule has 15 heteroatoms. The van der Waals surface area contributed by atoms with Gasteiger partial charge in [-0.05, 0) is 109 Å². The molecule has 6 rings (SSSR count). The minimum absolute atomic E-state index is 0.168. The molecule has 14 nitrogen and oxygen atoms in total. The molecule has 3 aliphatic rings. The zero-order chi connectivity index (χ0) is 46.0. The molecular formula is C48H72ClN5O9. The Morgan fingerprint density at radius 1 is 1.02 bits per heavy atom. The minimum Gasteiger partial charge on any atom is -0.387 e. The number of fused-ring (bicyclic) bond motifs is 1. The lowest BCUT2D eigenvalue weighted by atomic mass is 9.70. The largest absolute Gasteiger partial charge is 0.387 e. The first-order valence-corrected chi connectivity index (χ1v) is 23.0. The van der Waals surface area contributed by atoms with Gasteiger partial charge in [0, 0.05) is 60.7 Å². The number of anilines is 1. The van der Waals surface area contributed by atoms with Crippen molar-refractivity contribution in [2.45, 2.75) is 147 Å². The molecule has 63 heavy (non-hydrogen) atoms. The average molecular weight is 899 g/mol. The molecule has 1 aromatic heterocycles. The number of hydrogen-bond donors (Lipinski definition) is 6. The van der Waals surface area contributed by atoms with Gasteiger partial charge in [0.1, 0.15) is 12.2 Å². The van der Waals surface area contributed by atoms with Gasteiger partial charge in [0.05, 0.1) is 47.3 Å². The van der Waals surface area contributed by atoms with E-state index in [0.29, 0.717) is 36.4 Å². The van der Waals surface area contributed by atoms with Crippen molar-refractivity contribution >= 4 is 40.1 Å². The van der Waals surface area contributed by atoms with Crippen LogP contribution < -0.4 is 10.6 Å². The number of para-hydroxylation sites is 1. The smallest absolute Gasteiger partial charge is 0.321 e. The number of urea groups is 1. The van der Waals surface area contributed by atoms with Gasteiger partial charge in [0.15, 0.2) is 6.29 Å². The molecule has 2 aromatic carbocycles. The number of rotatable bonds is 9. The summed E-state index contributed by atoms with van der Waals surface area (Å²) in [5.74, 6) is -2.12. The van der Waals surface area contributed by atoms with E-state index < -0.39 is 71.8 Å². The van der Waals surface area contributed by atoms with Crippen LogP contribution in [0.15, 0.2) is 54.7 Å². The monoisotopic (exact) mass is 898 g/mol. The van der Waals surface area contributed by atoms with Crippen LogP contribution in [0, 0.1) is 23.7 Å². The summed E-state index contributed by atoms with van der Waals surface area (Å²) in [6.07, 6.45) is -1.37. The summed E-state index contributed by atoms with van der Waals surface area (Å²) in [6.45, 7) is 13.7. The number of carbonyl (C=O) groups is 2. The molecule has 3 aromatic rings. The number of H-pyrrole nitrogens is 1. The molecule has 6 N–H and O–H groups in total. The molecule has 0 bridgehead atoms. The molecule has 4 heterocycles. The zero-order valence-corrected chi connectivity index (χ0v) is 39.5. The van der Waals surface area contributed by atoms with E-state index in [-0.39, 0.29) is 49.5 Å². The second-order valence-electron chi connectivity index (χ2n) is 19.6. The first kappa shape index (κ1) is 49.1. The van der Waals surface area contributed by atoms with E-state index in [4.69, 9.17) is 30.5 Å². The fraction of sp³-hybridized carbons (Fsp3) is 0.667. The van der Waals surface area contributed by atoms with Crippen LogP contribution in [0.25, 0.3) is 10.9 Å². The fourth-order valence-electron chi connectivity index (χ4n) is 10.6.